The molecule has 1 aliphatic heterocycles. The molecule has 0 radical (unpaired) electrons. The molecule has 10 heteroatoms. The first kappa shape index (κ1) is 33.1. The molecule has 1 fully saturated rings. The zero-order chi connectivity index (χ0) is 32.2. The number of carboxylic acid groups (broad SMARTS) is 2. The van der Waals surface area contributed by atoms with Crippen molar-refractivity contribution in [2.45, 2.75) is 94.2 Å². The number of hydrogen-bond donors (Lipinski definition) is 3. The molecule has 1 saturated heterocycles. The third-order valence-electron chi connectivity index (χ3n) is 8.67. The van der Waals surface area contributed by atoms with Gasteiger partial charge in [-0.05, 0) is 57.4 Å². The molecule has 4 atom stereocenters. The molecule has 1 aliphatic rings. The lowest BCUT2D eigenvalue weighted by Crippen LogP contribution is -2.68. The van der Waals surface area contributed by atoms with Crippen molar-refractivity contribution < 1.29 is 24.2 Å². The van der Waals surface area contributed by atoms with Gasteiger partial charge in [-0.3, -0.25) is 9.48 Å². The fourth-order valence-corrected chi connectivity index (χ4v) is 7.30. The number of anilines is 2. The molecular formula is C32H48FN5O4. The first-order chi connectivity index (χ1) is 19.0. The predicted octanol–water partition coefficient (Wildman–Crippen LogP) is 7.19. The fourth-order valence-electron chi connectivity index (χ4n) is 7.30. The smallest absolute Gasteiger partial charge is 0.407 e. The number of rotatable bonds is 6. The molecule has 0 aliphatic carbocycles. The summed E-state index contributed by atoms with van der Waals surface area (Å²) in [4.78, 5) is 32.0. The van der Waals surface area contributed by atoms with Crippen LogP contribution in [0.1, 0.15) is 86.2 Å². The highest BCUT2D eigenvalue weighted by atomic mass is 19.1. The lowest BCUT2D eigenvalue weighted by molar-refractivity contribution is -0.184. The van der Waals surface area contributed by atoms with E-state index >= 15 is 4.39 Å². The molecule has 2 unspecified atom stereocenters. The van der Waals surface area contributed by atoms with E-state index in [1.165, 1.54) is 17.0 Å². The summed E-state index contributed by atoms with van der Waals surface area (Å²) in [5.41, 5.74) is -1.94. The minimum atomic E-state index is -1.53. The van der Waals surface area contributed by atoms with Gasteiger partial charge in [0.25, 0.3) is 0 Å². The van der Waals surface area contributed by atoms with Gasteiger partial charge in [0.15, 0.2) is 11.6 Å². The van der Waals surface area contributed by atoms with Crippen LogP contribution in [-0.4, -0.2) is 54.5 Å². The number of piperidine rings is 1. The number of carboxylic acids is 1. The third kappa shape index (κ3) is 6.03. The molecular weight excluding hydrogens is 537 g/mol. The van der Waals surface area contributed by atoms with Crippen LogP contribution < -0.4 is 5.32 Å². The minimum Gasteiger partial charge on any atom is -0.481 e. The lowest BCUT2D eigenvalue weighted by atomic mass is 9.48. The molecule has 3 heterocycles. The third-order valence-corrected chi connectivity index (χ3v) is 8.67. The van der Waals surface area contributed by atoms with Crippen molar-refractivity contribution in [3.05, 3.63) is 41.5 Å². The van der Waals surface area contributed by atoms with Crippen LogP contribution in [-0.2, 0) is 16.8 Å². The fraction of sp³-hybridized carbons (Fsp3) is 0.625. The molecule has 0 aromatic carbocycles. The highest BCUT2D eigenvalue weighted by Gasteiger charge is 2.64. The van der Waals surface area contributed by atoms with Crippen LogP contribution in [0.3, 0.4) is 0 Å². The second-order valence-electron chi connectivity index (χ2n) is 14.9. The lowest BCUT2D eigenvalue weighted by Gasteiger charge is -2.60. The Morgan fingerprint density at radius 2 is 1.69 bits per heavy atom. The van der Waals surface area contributed by atoms with E-state index in [1.807, 2.05) is 80.0 Å². The van der Waals surface area contributed by atoms with E-state index in [1.54, 1.807) is 6.92 Å². The highest BCUT2D eigenvalue weighted by molar-refractivity contribution is 5.78. The Labute approximate surface area is 249 Å². The molecule has 3 N–H and O–H groups in total. The van der Waals surface area contributed by atoms with Gasteiger partial charge >= 0.3 is 12.1 Å². The van der Waals surface area contributed by atoms with E-state index in [4.69, 9.17) is 0 Å². The summed E-state index contributed by atoms with van der Waals surface area (Å²) < 4.78 is 18.0. The molecule has 42 heavy (non-hydrogen) atoms. The Morgan fingerprint density at radius 1 is 1.10 bits per heavy atom. The van der Waals surface area contributed by atoms with Gasteiger partial charge in [0.05, 0.1) is 16.6 Å². The SMILES string of the molecule is C=Cc1cc(Nc2cc(C)n(C(C)(C)C)n2)nc(C[C@@]2(C(=O)O)C(C(C)(C)C)CN(C(=O)O)[C@H](C)C2C(C)(C)C)c1F. The van der Waals surface area contributed by atoms with E-state index in [-0.39, 0.29) is 29.8 Å². The molecule has 2 aromatic rings. The van der Waals surface area contributed by atoms with Crippen LogP contribution in [0.5, 0.6) is 0 Å². The molecule has 9 nitrogen and oxygen atoms in total. The topological polar surface area (TPSA) is 121 Å². The normalized spacial score (nSPS) is 23.5. The van der Waals surface area contributed by atoms with Gasteiger partial charge in [-0.25, -0.2) is 14.2 Å². The van der Waals surface area contributed by atoms with Crippen molar-refractivity contribution in [3.8, 4) is 0 Å². The Balaban J connectivity index is 2.26. The molecule has 1 amide bonds. The van der Waals surface area contributed by atoms with Gasteiger partial charge in [0.1, 0.15) is 5.82 Å². The van der Waals surface area contributed by atoms with Crippen LogP contribution in [0.15, 0.2) is 18.7 Å². The Hall–Kier alpha value is -3.43. The monoisotopic (exact) mass is 585 g/mol. The molecule has 232 valence electrons. The maximum Gasteiger partial charge on any atom is 0.407 e. The minimum absolute atomic E-state index is 0.0102. The van der Waals surface area contributed by atoms with Crippen molar-refractivity contribution in [3.63, 3.8) is 0 Å². The van der Waals surface area contributed by atoms with Gasteiger partial charge in [-0.1, -0.05) is 54.2 Å². The number of nitrogens with zero attached hydrogens (tertiary/aromatic N) is 4. The van der Waals surface area contributed by atoms with Crippen LogP contribution in [0.25, 0.3) is 6.08 Å². The number of carbonyl (C=O) groups is 2. The summed E-state index contributed by atoms with van der Waals surface area (Å²) in [5.74, 6) is -2.18. The molecule has 0 bridgehead atoms. The number of halogens is 1. The number of nitrogens with one attached hydrogen (secondary N) is 1. The standard InChI is InChI=1S/C32H48FN5O4/c1-13-20-15-23(35-24-14-18(2)38(36-24)31(10,11)12)34-21(25(20)33)16-32(27(39)40)22(29(4,5)6)17-37(28(41)42)19(3)26(32)30(7,8)9/h13-15,19,22,26H,1,16-17H2,2-12H3,(H,39,40)(H,41,42)(H,34,35,36)/t19-,22?,26?,32-/m1/s1. The second-order valence-corrected chi connectivity index (χ2v) is 14.9. The van der Waals surface area contributed by atoms with Crippen LogP contribution in [0, 0.1) is 40.8 Å². The Bertz CT molecular complexity index is 1360. The number of pyridine rings is 1. The summed E-state index contributed by atoms with van der Waals surface area (Å²) in [6, 6.07) is 2.77. The summed E-state index contributed by atoms with van der Waals surface area (Å²) in [6.07, 6.45) is 0.0669. The molecule has 3 rings (SSSR count). The van der Waals surface area contributed by atoms with Crippen molar-refractivity contribution >= 4 is 29.8 Å². The number of aliphatic carboxylic acids is 1. The number of likely N-dealkylation sites (tertiary alicyclic amines) is 1. The van der Waals surface area contributed by atoms with E-state index in [0.29, 0.717) is 11.6 Å². The number of hydrogen-bond acceptors (Lipinski definition) is 5. The summed E-state index contributed by atoms with van der Waals surface area (Å²) in [5, 5.41) is 29.1. The van der Waals surface area contributed by atoms with Gasteiger partial charge in [0.2, 0.25) is 0 Å². The average molecular weight is 586 g/mol. The van der Waals surface area contributed by atoms with Crippen molar-refractivity contribution in [2.24, 2.45) is 28.1 Å². The van der Waals surface area contributed by atoms with E-state index in [2.05, 4.69) is 22.0 Å². The number of aryl methyl sites for hydroxylation is 1. The highest BCUT2D eigenvalue weighted by Crippen LogP contribution is 2.58. The zero-order valence-electron chi connectivity index (χ0n) is 27.0. The van der Waals surface area contributed by atoms with Crippen molar-refractivity contribution in [2.75, 3.05) is 11.9 Å². The quantitative estimate of drug-likeness (QED) is 0.328. The largest absolute Gasteiger partial charge is 0.481 e. The summed E-state index contributed by atoms with van der Waals surface area (Å²) >= 11 is 0. The van der Waals surface area contributed by atoms with Crippen molar-refractivity contribution in [1.82, 2.24) is 19.7 Å². The Morgan fingerprint density at radius 3 is 2.12 bits per heavy atom. The van der Waals surface area contributed by atoms with Gasteiger partial charge in [-0.15, -0.1) is 0 Å². The number of aromatic nitrogens is 3. The maximum absolute atomic E-state index is 16.1. The van der Waals surface area contributed by atoms with E-state index in [9.17, 15) is 19.8 Å². The number of amides is 1. The maximum atomic E-state index is 16.1. The van der Waals surface area contributed by atoms with Gasteiger partial charge < -0.3 is 20.4 Å². The molecule has 0 saturated carbocycles. The molecule has 2 aromatic heterocycles. The summed E-state index contributed by atoms with van der Waals surface area (Å²) in [7, 11) is 0. The average Bonchev–Trinajstić information content (AvgIpc) is 3.19. The van der Waals surface area contributed by atoms with Gasteiger partial charge in [-0.2, -0.15) is 5.10 Å². The second kappa shape index (κ2) is 11.0. The predicted molar refractivity (Wildman–Crippen MR) is 163 cm³/mol. The van der Waals surface area contributed by atoms with Crippen LogP contribution in [0.2, 0.25) is 0 Å². The van der Waals surface area contributed by atoms with Gasteiger partial charge in [0, 0.05) is 42.2 Å². The zero-order valence-corrected chi connectivity index (χ0v) is 27.0. The van der Waals surface area contributed by atoms with E-state index in [0.717, 1.165) is 5.69 Å². The first-order valence-corrected chi connectivity index (χ1v) is 14.4. The molecule has 0 spiro atoms. The van der Waals surface area contributed by atoms with E-state index < -0.39 is 52.0 Å². The Kier molecular flexibility index (Phi) is 8.67. The summed E-state index contributed by atoms with van der Waals surface area (Å²) in [6.45, 7) is 25.1. The van der Waals surface area contributed by atoms with Crippen molar-refractivity contribution in [1.29, 1.82) is 0 Å². The van der Waals surface area contributed by atoms with Crippen LogP contribution >= 0.6 is 0 Å². The van der Waals surface area contributed by atoms with Crippen LogP contribution in [0.4, 0.5) is 20.8 Å². The first-order valence-electron chi connectivity index (χ1n) is 14.4.